The fraction of sp³-hybridized carbons (Fsp3) is 0.545. The third kappa shape index (κ3) is 2.62. The maximum atomic E-state index is 10.7. The summed E-state index contributed by atoms with van der Waals surface area (Å²) in [6.07, 6.45) is 3.43. The monoisotopic (exact) mass is 224 g/mol. The van der Waals surface area contributed by atoms with Gasteiger partial charge >= 0.3 is 5.97 Å². The van der Waals surface area contributed by atoms with Crippen LogP contribution in [-0.2, 0) is 6.54 Å². The molecule has 1 aromatic rings. The lowest BCUT2D eigenvalue weighted by Gasteiger charge is -2.29. The first-order valence-electron chi connectivity index (χ1n) is 5.44. The van der Waals surface area contributed by atoms with Crippen LogP contribution in [0.4, 0.5) is 0 Å². The average Bonchev–Trinajstić information content (AvgIpc) is 2.66. The summed E-state index contributed by atoms with van der Waals surface area (Å²) in [6.45, 7) is 2.49. The van der Waals surface area contributed by atoms with Crippen molar-refractivity contribution in [1.82, 2.24) is 4.90 Å². The summed E-state index contributed by atoms with van der Waals surface area (Å²) in [5, 5.41) is 8.75. The molecular formula is C11H16N2O3. The Morgan fingerprint density at radius 3 is 3.12 bits per heavy atom. The van der Waals surface area contributed by atoms with Gasteiger partial charge in [0.25, 0.3) is 0 Å². The van der Waals surface area contributed by atoms with Gasteiger partial charge in [-0.2, -0.15) is 0 Å². The van der Waals surface area contributed by atoms with E-state index >= 15 is 0 Å². The van der Waals surface area contributed by atoms with Crippen molar-refractivity contribution in [3.05, 3.63) is 23.7 Å². The van der Waals surface area contributed by atoms with Gasteiger partial charge in [0, 0.05) is 12.6 Å². The van der Waals surface area contributed by atoms with Crippen LogP contribution >= 0.6 is 0 Å². The highest BCUT2D eigenvalue weighted by Crippen LogP contribution is 2.14. The normalized spacial score (nSPS) is 22.2. The molecule has 1 atom stereocenters. The van der Waals surface area contributed by atoms with E-state index in [1.54, 1.807) is 6.07 Å². The summed E-state index contributed by atoms with van der Waals surface area (Å²) in [7, 11) is 0. The highest BCUT2D eigenvalue weighted by molar-refractivity contribution is 5.87. The Kier molecular flexibility index (Phi) is 3.26. The molecule has 0 spiro atoms. The number of likely N-dealkylation sites (tertiary alicyclic amines) is 1. The molecule has 2 rings (SSSR count). The van der Waals surface area contributed by atoms with Crippen molar-refractivity contribution >= 4 is 5.97 Å². The second kappa shape index (κ2) is 4.67. The van der Waals surface area contributed by atoms with Gasteiger partial charge in [-0.25, -0.2) is 4.79 Å². The van der Waals surface area contributed by atoms with Crippen molar-refractivity contribution in [1.29, 1.82) is 0 Å². The van der Waals surface area contributed by atoms with Crippen LogP contribution in [0.25, 0.3) is 0 Å². The van der Waals surface area contributed by atoms with Crippen LogP contribution in [-0.4, -0.2) is 35.1 Å². The van der Waals surface area contributed by atoms with Crippen LogP contribution < -0.4 is 5.73 Å². The Bertz CT molecular complexity index is 375. The Morgan fingerprint density at radius 2 is 2.50 bits per heavy atom. The Hall–Kier alpha value is -1.33. The molecule has 1 aliphatic rings. The van der Waals surface area contributed by atoms with E-state index in [9.17, 15) is 4.79 Å². The van der Waals surface area contributed by atoms with Gasteiger partial charge in [0.1, 0.15) is 12.0 Å². The molecule has 0 bridgehead atoms. The van der Waals surface area contributed by atoms with Crippen LogP contribution in [0, 0.1) is 0 Å². The molecule has 0 amide bonds. The van der Waals surface area contributed by atoms with Crippen molar-refractivity contribution in [2.45, 2.75) is 25.4 Å². The molecule has 88 valence electrons. The summed E-state index contributed by atoms with van der Waals surface area (Å²) in [5.74, 6) is -0.267. The van der Waals surface area contributed by atoms with Gasteiger partial charge in [-0.3, -0.25) is 4.90 Å². The van der Waals surface area contributed by atoms with Crippen molar-refractivity contribution in [2.75, 3.05) is 13.1 Å². The summed E-state index contributed by atoms with van der Waals surface area (Å²) < 4.78 is 5.20. The zero-order chi connectivity index (χ0) is 11.5. The maximum Gasteiger partial charge on any atom is 0.338 e. The third-order valence-electron chi connectivity index (χ3n) is 2.82. The second-order valence-corrected chi connectivity index (χ2v) is 4.24. The quantitative estimate of drug-likeness (QED) is 0.797. The minimum atomic E-state index is -0.953. The number of carbonyl (C=O) groups is 1. The molecule has 5 heteroatoms. The van der Waals surface area contributed by atoms with Crippen LogP contribution in [0.3, 0.4) is 0 Å². The highest BCUT2D eigenvalue weighted by Gasteiger charge is 2.18. The molecule has 1 unspecified atom stereocenters. The number of nitrogens with zero attached hydrogens (tertiary/aromatic N) is 1. The number of rotatable bonds is 3. The first-order chi connectivity index (χ1) is 7.65. The molecule has 1 saturated heterocycles. The maximum absolute atomic E-state index is 10.7. The second-order valence-electron chi connectivity index (χ2n) is 4.24. The van der Waals surface area contributed by atoms with Gasteiger partial charge in [-0.1, -0.05) is 0 Å². The number of piperidine rings is 1. The molecule has 5 nitrogen and oxygen atoms in total. The molecule has 1 aromatic heterocycles. The molecule has 0 radical (unpaired) electrons. The summed E-state index contributed by atoms with van der Waals surface area (Å²) in [5.41, 5.74) is 6.07. The fourth-order valence-electron chi connectivity index (χ4n) is 2.03. The van der Waals surface area contributed by atoms with Crippen LogP contribution in [0.1, 0.15) is 29.0 Å². The lowest BCUT2D eigenvalue weighted by atomic mass is 10.1. The van der Waals surface area contributed by atoms with E-state index in [1.807, 2.05) is 0 Å². The Balaban J connectivity index is 1.95. The number of aromatic carboxylic acids is 1. The Morgan fingerprint density at radius 1 is 1.69 bits per heavy atom. The number of hydrogen-bond acceptors (Lipinski definition) is 4. The van der Waals surface area contributed by atoms with E-state index < -0.39 is 5.97 Å². The number of furan rings is 1. The summed E-state index contributed by atoms with van der Waals surface area (Å²) >= 11 is 0. The smallest absolute Gasteiger partial charge is 0.338 e. The van der Waals surface area contributed by atoms with Crippen molar-refractivity contribution in [3.8, 4) is 0 Å². The third-order valence-corrected chi connectivity index (χ3v) is 2.82. The summed E-state index contributed by atoms with van der Waals surface area (Å²) in [4.78, 5) is 12.9. The van der Waals surface area contributed by atoms with E-state index in [4.69, 9.17) is 15.3 Å². The zero-order valence-electron chi connectivity index (χ0n) is 9.06. The van der Waals surface area contributed by atoms with E-state index in [1.165, 1.54) is 6.26 Å². The van der Waals surface area contributed by atoms with E-state index in [0.29, 0.717) is 12.3 Å². The van der Waals surface area contributed by atoms with Crippen LogP contribution in [0.2, 0.25) is 0 Å². The minimum Gasteiger partial charge on any atom is -0.478 e. The van der Waals surface area contributed by atoms with Gasteiger partial charge in [-0.15, -0.1) is 0 Å². The van der Waals surface area contributed by atoms with E-state index in [0.717, 1.165) is 25.9 Å². The average molecular weight is 224 g/mol. The molecule has 0 saturated carbocycles. The molecule has 3 N–H and O–H groups in total. The molecular weight excluding hydrogens is 208 g/mol. The van der Waals surface area contributed by atoms with Gasteiger partial charge in [0.15, 0.2) is 0 Å². The number of carboxylic acid groups (broad SMARTS) is 1. The lowest BCUT2D eigenvalue weighted by molar-refractivity contribution is 0.0696. The van der Waals surface area contributed by atoms with E-state index in [2.05, 4.69) is 4.90 Å². The molecule has 16 heavy (non-hydrogen) atoms. The number of nitrogens with two attached hydrogens (primary N) is 1. The number of carboxylic acids is 1. The minimum absolute atomic E-state index is 0.205. The van der Waals surface area contributed by atoms with Gasteiger partial charge in [0.2, 0.25) is 0 Å². The first-order valence-corrected chi connectivity index (χ1v) is 5.44. The van der Waals surface area contributed by atoms with Crippen molar-refractivity contribution in [3.63, 3.8) is 0 Å². The predicted octanol–water partition coefficient (Wildman–Crippen LogP) is 0.901. The molecule has 0 aromatic carbocycles. The van der Waals surface area contributed by atoms with Gasteiger partial charge < -0.3 is 15.3 Å². The van der Waals surface area contributed by atoms with Crippen molar-refractivity contribution < 1.29 is 14.3 Å². The predicted molar refractivity (Wildman–Crippen MR) is 58.2 cm³/mol. The van der Waals surface area contributed by atoms with Gasteiger partial charge in [-0.05, 0) is 25.5 Å². The Labute approximate surface area is 93.8 Å². The fourth-order valence-corrected chi connectivity index (χ4v) is 2.03. The summed E-state index contributed by atoms with van der Waals surface area (Å²) in [6, 6.07) is 1.80. The standard InChI is InChI=1S/C11H16N2O3/c12-9-2-1-3-13(5-9)6-10-4-8(7-16-10)11(14)15/h4,7,9H,1-3,5-6,12H2,(H,14,15). The molecule has 0 aliphatic carbocycles. The molecule has 1 aliphatic heterocycles. The zero-order valence-corrected chi connectivity index (χ0v) is 9.06. The van der Waals surface area contributed by atoms with Crippen LogP contribution in [0.5, 0.6) is 0 Å². The SMILES string of the molecule is NC1CCCN(Cc2cc(C(=O)O)co2)C1. The van der Waals surface area contributed by atoms with Crippen molar-refractivity contribution in [2.24, 2.45) is 5.73 Å². The largest absolute Gasteiger partial charge is 0.478 e. The topological polar surface area (TPSA) is 79.7 Å². The number of hydrogen-bond donors (Lipinski definition) is 2. The van der Waals surface area contributed by atoms with Crippen LogP contribution in [0.15, 0.2) is 16.7 Å². The lowest BCUT2D eigenvalue weighted by Crippen LogP contribution is -2.42. The molecule has 2 heterocycles. The van der Waals surface area contributed by atoms with E-state index in [-0.39, 0.29) is 11.6 Å². The molecule has 1 fully saturated rings. The first kappa shape index (κ1) is 11.2. The van der Waals surface area contributed by atoms with Gasteiger partial charge in [0.05, 0.1) is 12.1 Å². The highest BCUT2D eigenvalue weighted by atomic mass is 16.4.